The van der Waals surface area contributed by atoms with Crippen LogP contribution in [0.4, 0.5) is 0 Å². The van der Waals surface area contributed by atoms with Gasteiger partial charge in [-0.2, -0.15) is 4.31 Å². The molecule has 0 unspecified atom stereocenters. The Balaban J connectivity index is 1.51. The van der Waals surface area contributed by atoms with Crippen molar-refractivity contribution in [3.63, 3.8) is 0 Å². The van der Waals surface area contributed by atoms with E-state index < -0.39 is 34.3 Å². The summed E-state index contributed by atoms with van der Waals surface area (Å²) in [5, 5.41) is 2.45. The molecule has 10 heteroatoms. The zero-order valence-electron chi connectivity index (χ0n) is 14.0. The third-order valence-corrected chi connectivity index (χ3v) is 6.10. The average molecular weight is 381 g/mol. The highest BCUT2D eigenvalue weighted by atomic mass is 32.2. The average Bonchev–Trinajstić information content (AvgIpc) is 2.88. The SMILES string of the molecule is O=C(CN1C(=O)c2ccccc2C1=O)NCCS(=O)(=O)N1CCOCC1. The number of nitrogens with one attached hydrogen (secondary N) is 1. The number of carbonyl (C=O) groups is 3. The van der Waals surface area contributed by atoms with Crippen LogP contribution in [0.3, 0.4) is 0 Å². The Kier molecular flexibility index (Phi) is 5.35. The molecule has 2 aliphatic rings. The summed E-state index contributed by atoms with van der Waals surface area (Å²) < 4.78 is 30.8. The molecule has 140 valence electrons. The fraction of sp³-hybridized carbons (Fsp3) is 0.438. The lowest BCUT2D eigenvalue weighted by molar-refractivity contribution is -0.121. The van der Waals surface area contributed by atoms with Crippen LogP contribution in [0.1, 0.15) is 20.7 Å². The summed E-state index contributed by atoms with van der Waals surface area (Å²) in [6.45, 7) is 0.763. The molecule has 0 saturated carbocycles. The van der Waals surface area contributed by atoms with Crippen LogP contribution in [0.15, 0.2) is 24.3 Å². The van der Waals surface area contributed by atoms with Gasteiger partial charge in [0.2, 0.25) is 15.9 Å². The van der Waals surface area contributed by atoms with Crippen molar-refractivity contribution in [2.75, 3.05) is 45.1 Å². The molecule has 3 rings (SSSR count). The lowest BCUT2D eigenvalue weighted by Crippen LogP contribution is -2.45. The number of imide groups is 1. The van der Waals surface area contributed by atoms with Gasteiger partial charge in [0.05, 0.1) is 30.1 Å². The molecule has 1 N–H and O–H groups in total. The highest BCUT2D eigenvalue weighted by molar-refractivity contribution is 7.89. The van der Waals surface area contributed by atoms with E-state index in [1.54, 1.807) is 12.1 Å². The van der Waals surface area contributed by atoms with Crippen LogP contribution in [-0.2, 0) is 19.6 Å². The molecule has 0 spiro atoms. The second kappa shape index (κ2) is 7.52. The van der Waals surface area contributed by atoms with Crippen LogP contribution in [0.2, 0.25) is 0 Å². The van der Waals surface area contributed by atoms with Gasteiger partial charge in [-0.15, -0.1) is 0 Å². The van der Waals surface area contributed by atoms with Crippen LogP contribution < -0.4 is 5.32 Å². The third kappa shape index (κ3) is 3.76. The first-order valence-corrected chi connectivity index (χ1v) is 9.78. The number of fused-ring (bicyclic) bond motifs is 1. The van der Waals surface area contributed by atoms with Crippen LogP contribution in [-0.4, -0.2) is 80.5 Å². The fourth-order valence-corrected chi connectivity index (χ4v) is 4.18. The molecule has 2 aliphatic heterocycles. The molecule has 0 atom stereocenters. The number of morpholine rings is 1. The summed E-state index contributed by atoms with van der Waals surface area (Å²) in [7, 11) is -3.48. The molecule has 0 bridgehead atoms. The first kappa shape index (κ1) is 18.5. The van der Waals surface area contributed by atoms with Gasteiger partial charge in [-0.3, -0.25) is 19.3 Å². The predicted molar refractivity (Wildman–Crippen MR) is 91.0 cm³/mol. The van der Waals surface area contributed by atoms with Crippen molar-refractivity contribution in [2.45, 2.75) is 0 Å². The Morgan fingerprint density at radius 2 is 1.65 bits per heavy atom. The molecule has 1 aromatic carbocycles. The Morgan fingerprint density at radius 1 is 1.08 bits per heavy atom. The van der Waals surface area contributed by atoms with Gasteiger partial charge in [0, 0.05) is 19.6 Å². The number of sulfonamides is 1. The van der Waals surface area contributed by atoms with Crippen molar-refractivity contribution < 1.29 is 27.5 Å². The molecular formula is C16H19N3O6S. The normalized spacial score (nSPS) is 18.1. The quantitative estimate of drug-likeness (QED) is 0.637. The predicted octanol–water partition coefficient (Wildman–Crippen LogP) is -0.939. The van der Waals surface area contributed by atoms with E-state index >= 15 is 0 Å². The topological polar surface area (TPSA) is 113 Å². The first-order valence-electron chi connectivity index (χ1n) is 8.17. The highest BCUT2D eigenvalue weighted by Gasteiger charge is 2.36. The van der Waals surface area contributed by atoms with Crippen molar-refractivity contribution in [1.82, 2.24) is 14.5 Å². The summed E-state index contributed by atoms with van der Waals surface area (Å²) >= 11 is 0. The molecule has 0 aromatic heterocycles. The van der Waals surface area contributed by atoms with Crippen molar-refractivity contribution in [2.24, 2.45) is 0 Å². The Bertz CT molecular complexity index is 797. The van der Waals surface area contributed by atoms with E-state index in [4.69, 9.17) is 4.74 Å². The minimum Gasteiger partial charge on any atom is -0.379 e. The van der Waals surface area contributed by atoms with E-state index in [-0.39, 0.29) is 23.4 Å². The van der Waals surface area contributed by atoms with Crippen LogP contribution in [0.25, 0.3) is 0 Å². The Hall–Kier alpha value is -2.30. The largest absolute Gasteiger partial charge is 0.379 e. The van der Waals surface area contributed by atoms with Gasteiger partial charge in [-0.25, -0.2) is 8.42 Å². The molecule has 9 nitrogen and oxygen atoms in total. The highest BCUT2D eigenvalue weighted by Crippen LogP contribution is 2.21. The van der Waals surface area contributed by atoms with E-state index in [9.17, 15) is 22.8 Å². The summed E-state index contributed by atoms with van der Waals surface area (Å²) in [5.41, 5.74) is 0.528. The zero-order valence-corrected chi connectivity index (χ0v) is 14.8. The number of benzene rings is 1. The molecule has 0 radical (unpaired) electrons. The molecule has 3 amide bonds. The second-order valence-corrected chi connectivity index (χ2v) is 8.01. The summed E-state index contributed by atoms with van der Waals surface area (Å²) in [4.78, 5) is 37.3. The minimum atomic E-state index is -3.48. The molecule has 1 aromatic rings. The van der Waals surface area contributed by atoms with Crippen molar-refractivity contribution in [1.29, 1.82) is 0 Å². The number of ether oxygens (including phenoxy) is 1. The van der Waals surface area contributed by atoms with Gasteiger partial charge in [0.1, 0.15) is 6.54 Å². The van der Waals surface area contributed by atoms with Gasteiger partial charge < -0.3 is 10.1 Å². The standard InChI is InChI=1S/C16H19N3O6S/c20-14(17-5-10-26(23,24)18-6-8-25-9-7-18)11-19-15(21)12-3-1-2-4-13(12)16(19)22/h1-4H,5-11H2,(H,17,20). The van der Waals surface area contributed by atoms with E-state index in [0.29, 0.717) is 26.3 Å². The van der Waals surface area contributed by atoms with Crippen molar-refractivity contribution >= 4 is 27.7 Å². The molecule has 1 saturated heterocycles. The number of nitrogens with zero attached hydrogens (tertiary/aromatic N) is 2. The number of rotatable bonds is 6. The van der Waals surface area contributed by atoms with E-state index in [1.807, 2.05) is 0 Å². The van der Waals surface area contributed by atoms with E-state index in [2.05, 4.69) is 5.32 Å². The third-order valence-electron chi connectivity index (χ3n) is 4.23. The monoisotopic (exact) mass is 381 g/mol. The maximum absolute atomic E-state index is 12.2. The lowest BCUT2D eigenvalue weighted by Gasteiger charge is -2.26. The van der Waals surface area contributed by atoms with Crippen LogP contribution in [0.5, 0.6) is 0 Å². The maximum Gasteiger partial charge on any atom is 0.262 e. The van der Waals surface area contributed by atoms with Gasteiger partial charge in [0.25, 0.3) is 11.8 Å². The summed E-state index contributed by atoms with van der Waals surface area (Å²) in [5.74, 6) is -1.89. The first-order chi connectivity index (χ1) is 12.4. The van der Waals surface area contributed by atoms with Gasteiger partial charge in [0.15, 0.2) is 0 Å². The minimum absolute atomic E-state index is 0.0955. The smallest absolute Gasteiger partial charge is 0.262 e. The van der Waals surface area contributed by atoms with E-state index in [1.165, 1.54) is 16.4 Å². The van der Waals surface area contributed by atoms with Gasteiger partial charge in [-0.1, -0.05) is 12.1 Å². The van der Waals surface area contributed by atoms with Crippen molar-refractivity contribution in [3.8, 4) is 0 Å². The zero-order chi connectivity index (χ0) is 18.7. The number of amides is 3. The lowest BCUT2D eigenvalue weighted by atomic mass is 10.1. The summed E-state index contributed by atoms with van der Waals surface area (Å²) in [6.07, 6.45) is 0. The molecule has 0 aliphatic carbocycles. The Morgan fingerprint density at radius 3 is 2.23 bits per heavy atom. The van der Waals surface area contributed by atoms with Gasteiger partial charge >= 0.3 is 0 Å². The molecular weight excluding hydrogens is 362 g/mol. The fourth-order valence-electron chi connectivity index (χ4n) is 2.86. The number of hydrogen-bond donors (Lipinski definition) is 1. The molecule has 2 heterocycles. The number of carbonyl (C=O) groups excluding carboxylic acids is 3. The maximum atomic E-state index is 12.2. The second-order valence-electron chi connectivity index (χ2n) is 5.92. The van der Waals surface area contributed by atoms with Crippen molar-refractivity contribution in [3.05, 3.63) is 35.4 Å². The Labute approximate surface area is 150 Å². The van der Waals surface area contributed by atoms with E-state index in [0.717, 1.165) is 4.90 Å². The number of hydrogen-bond acceptors (Lipinski definition) is 6. The van der Waals surface area contributed by atoms with Gasteiger partial charge in [-0.05, 0) is 12.1 Å². The summed E-state index contributed by atoms with van der Waals surface area (Å²) in [6, 6.07) is 6.35. The van der Waals surface area contributed by atoms with Crippen LogP contribution >= 0.6 is 0 Å². The molecule has 26 heavy (non-hydrogen) atoms. The molecule has 1 fully saturated rings. The van der Waals surface area contributed by atoms with Crippen LogP contribution in [0, 0.1) is 0 Å².